The second-order valence-corrected chi connectivity index (χ2v) is 5.34. The van der Waals surface area contributed by atoms with Crippen molar-refractivity contribution in [3.8, 4) is 0 Å². The number of benzene rings is 1. The lowest BCUT2D eigenvalue weighted by molar-refractivity contribution is 0.259. The summed E-state index contributed by atoms with van der Waals surface area (Å²) in [6, 6.07) is 10.1. The van der Waals surface area contributed by atoms with Gasteiger partial charge in [-0.2, -0.15) is 15.3 Å². The predicted molar refractivity (Wildman–Crippen MR) is 75.3 cm³/mol. The smallest absolute Gasteiger partial charge is 0.170 e. The molecule has 0 bridgehead atoms. The number of fused-ring (bicyclic) bond motifs is 1. The van der Waals surface area contributed by atoms with E-state index in [0.29, 0.717) is 0 Å². The molecule has 2 unspecified atom stereocenters. The van der Waals surface area contributed by atoms with Gasteiger partial charge in [0, 0.05) is 22.8 Å². The minimum Gasteiger partial charge on any atom is -0.273 e. The van der Waals surface area contributed by atoms with Crippen molar-refractivity contribution in [2.24, 2.45) is 21.2 Å². The van der Waals surface area contributed by atoms with Gasteiger partial charge in [0.05, 0.1) is 5.92 Å². The van der Waals surface area contributed by atoms with E-state index in [1.54, 1.807) is 0 Å². The van der Waals surface area contributed by atoms with Gasteiger partial charge >= 0.3 is 0 Å². The molecule has 0 aromatic heterocycles. The number of hydrogen-bond donors (Lipinski definition) is 0. The average molecular weight is 305 g/mol. The Balaban J connectivity index is 2.06. The zero-order valence-corrected chi connectivity index (χ0v) is 11.8. The van der Waals surface area contributed by atoms with Crippen LogP contribution in [0.15, 0.2) is 50.1 Å². The zero-order valence-electron chi connectivity index (χ0n) is 10.2. The van der Waals surface area contributed by atoms with Crippen LogP contribution in [0, 0.1) is 5.92 Å². The predicted octanol–water partition coefficient (Wildman–Crippen LogP) is 3.48. The summed E-state index contributed by atoms with van der Waals surface area (Å²) in [7, 11) is 1.93. The molecule has 2 heterocycles. The van der Waals surface area contributed by atoms with Gasteiger partial charge < -0.3 is 0 Å². The van der Waals surface area contributed by atoms with Crippen molar-refractivity contribution in [3.63, 3.8) is 0 Å². The van der Waals surface area contributed by atoms with Crippen LogP contribution >= 0.6 is 15.9 Å². The molecular weight excluding hydrogens is 292 g/mol. The normalized spacial score (nSPS) is 26.4. The Morgan fingerprint density at radius 3 is 2.67 bits per heavy atom. The Bertz CT molecular complexity index is 562. The Morgan fingerprint density at radius 1 is 1.22 bits per heavy atom. The summed E-state index contributed by atoms with van der Waals surface area (Å²) in [4.78, 5) is 0. The molecule has 1 aromatic rings. The molecule has 5 heteroatoms. The minimum atomic E-state index is -0.00756. The maximum atomic E-state index is 4.44. The Labute approximate surface area is 114 Å². The van der Waals surface area contributed by atoms with Crippen molar-refractivity contribution < 1.29 is 0 Å². The highest BCUT2D eigenvalue weighted by Gasteiger charge is 2.39. The molecular formula is C13H13BrN4. The maximum Gasteiger partial charge on any atom is 0.170 e. The summed E-state index contributed by atoms with van der Waals surface area (Å²) in [5.41, 5.74) is 3.05. The van der Waals surface area contributed by atoms with Crippen LogP contribution in [0.3, 0.4) is 0 Å². The van der Waals surface area contributed by atoms with E-state index in [9.17, 15) is 0 Å². The molecule has 0 radical (unpaired) electrons. The molecule has 3 rings (SSSR count). The highest BCUT2D eigenvalue weighted by atomic mass is 79.9. The summed E-state index contributed by atoms with van der Waals surface area (Å²) < 4.78 is 1.07. The van der Waals surface area contributed by atoms with Crippen LogP contribution in [0.25, 0.3) is 5.70 Å². The summed E-state index contributed by atoms with van der Waals surface area (Å²) in [6.07, 6.45) is -0.00756. The van der Waals surface area contributed by atoms with Crippen molar-refractivity contribution in [1.29, 1.82) is 0 Å². The van der Waals surface area contributed by atoms with E-state index < -0.39 is 0 Å². The summed E-state index contributed by atoms with van der Waals surface area (Å²) in [6.45, 7) is 2.03. The Hall–Kier alpha value is -1.49. The third-order valence-electron chi connectivity index (χ3n) is 3.27. The van der Waals surface area contributed by atoms with Gasteiger partial charge in [0.1, 0.15) is 5.70 Å². The zero-order chi connectivity index (χ0) is 12.7. The fourth-order valence-electron chi connectivity index (χ4n) is 2.36. The monoisotopic (exact) mass is 304 g/mol. The van der Waals surface area contributed by atoms with E-state index in [0.717, 1.165) is 21.5 Å². The highest BCUT2D eigenvalue weighted by Crippen LogP contribution is 2.40. The molecule has 0 saturated heterocycles. The lowest BCUT2D eigenvalue weighted by atomic mass is 9.97. The van der Waals surface area contributed by atoms with Crippen molar-refractivity contribution in [2.45, 2.75) is 13.1 Å². The lowest BCUT2D eigenvalue weighted by Crippen LogP contribution is -2.30. The largest absolute Gasteiger partial charge is 0.273 e. The number of halogens is 1. The number of hydrazone groups is 1. The van der Waals surface area contributed by atoms with Gasteiger partial charge in [-0.15, -0.1) is 0 Å². The molecule has 0 aliphatic carbocycles. The molecule has 92 valence electrons. The van der Waals surface area contributed by atoms with Crippen LogP contribution < -0.4 is 0 Å². The van der Waals surface area contributed by atoms with Crippen molar-refractivity contribution in [3.05, 3.63) is 40.4 Å². The molecule has 0 spiro atoms. The van der Waals surface area contributed by atoms with E-state index in [2.05, 4.69) is 31.3 Å². The van der Waals surface area contributed by atoms with Crippen molar-refractivity contribution in [1.82, 2.24) is 5.01 Å². The molecule has 1 aromatic carbocycles. The highest BCUT2D eigenvalue weighted by molar-refractivity contribution is 9.11. The van der Waals surface area contributed by atoms with Crippen LogP contribution in [-0.4, -0.2) is 23.9 Å². The number of azo groups is 1. The first-order valence-electron chi connectivity index (χ1n) is 5.82. The average Bonchev–Trinajstić information content (AvgIpc) is 2.67. The van der Waals surface area contributed by atoms with E-state index >= 15 is 0 Å². The van der Waals surface area contributed by atoms with Gasteiger partial charge in [-0.3, -0.25) is 5.01 Å². The number of rotatable bonds is 1. The van der Waals surface area contributed by atoms with Crippen LogP contribution in [0.2, 0.25) is 0 Å². The maximum absolute atomic E-state index is 4.44. The topological polar surface area (TPSA) is 40.3 Å². The molecule has 0 N–H and O–H groups in total. The fourth-order valence-corrected chi connectivity index (χ4v) is 3.24. The molecule has 0 fully saturated rings. The van der Waals surface area contributed by atoms with E-state index in [-0.39, 0.29) is 12.1 Å². The van der Waals surface area contributed by atoms with Crippen LogP contribution in [0.5, 0.6) is 0 Å². The van der Waals surface area contributed by atoms with Crippen LogP contribution in [-0.2, 0) is 0 Å². The molecule has 0 saturated carbocycles. The summed E-state index contributed by atoms with van der Waals surface area (Å²) >= 11 is 3.68. The van der Waals surface area contributed by atoms with E-state index in [1.807, 2.05) is 49.3 Å². The number of nitrogens with zero attached hydrogens (tertiary/aromatic N) is 4. The molecule has 0 amide bonds. The van der Waals surface area contributed by atoms with Crippen molar-refractivity contribution >= 4 is 27.3 Å². The van der Waals surface area contributed by atoms with Gasteiger partial charge in [-0.25, -0.2) is 0 Å². The van der Waals surface area contributed by atoms with Crippen molar-refractivity contribution in [2.75, 3.05) is 7.05 Å². The summed E-state index contributed by atoms with van der Waals surface area (Å²) in [5.74, 6) is 0.183. The minimum absolute atomic E-state index is 0.00756. The van der Waals surface area contributed by atoms with Gasteiger partial charge in [-0.05, 0) is 6.92 Å². The lowest BCUT2D eigenvalue weighted by Gasteiger charge is -2.24. The van der Waals surface area contributed by atoms with Gasteiger partial charge in [0.2, 0.25) is 0 Å². The quantitative estimate of drug-likeness (QED) is 0.783. The Morgan fingerprint density at radius 2 is 1.94 bits per heavy atom. The van der Waals surface area contributed by atoms with Gasteiger partial charge in [0.25, 0.3) is 0 Å². The third-order valence-corrected chi connectivity index (χ3v) is 4.14. The van der Waals surface area contributed by atoms with E-state index in [4.69, 9.17) is 0 Å². The second-order valence-electron chi connectivity index (χ2n) is 4.48. The van der Waals surface area contributed by atoms with E-state index in [1.165, 1.54) is 0 Å². The fraction of sp³-hybridized carbons (Fsp3) is 0.308. The number of hydrogen-bond acceptors (Lipinski definition) is 4. The van der Waals surface area contributed by atoms with Gasteiger partial charge in [-0.1, -0.05) is 46.3 Å². The van der Waals surface area contributed by atoms with Crippen LogP contribution in [0.4, 0.5) is 0 Å². The van der Waals surface area contributed by atoms with Crippen LogP contribution in [0.1, 0.15) is 12.5 Å². The molecule has 4 nitrogen and oxygen atoms in total. The first-order valence-corrected chi connectivity index (χ1v) is 6.61. The molecule has 2 aliphatic rings. The molecule has 2 aliphatic heterocycles. The summed E-state index contributed by atoms with van der Waals surface area (Å²) in [5, 5.41) is 15.0. The SMILES string of the molecule is CC1=NN(C)C2N=NC(c3ccccc3)=C(Br)C12. The third kappa shape index (κ3) is 1.70. The Kier molecular flexibility index (Phi) is 2.78. The first-order chi connectivity index (χ1) is 8.68. The molecule has 2 atom stereocenters. The molecule has 18 heavy (non-hydrogen) atoms. The standard InChI is InChI=1S/C13H13BrN4/c1-8-10-11(14)12(9-6-4-3-5-7-9)15-16-13(10)18(2)17-8/h3-7,10,13H,1-2H3. The second kappa shape index (κ2) is 4.31. The first kappa shape index (κ1) is 11.6. The van der Waals surface area contributed by atoms with Gasteiger partial charge in [0.15, 0.2) is 6.17 Å².